The Morgan fingerprint density at radius 2 is 1.60 bits per heavy atom. The topological polar surface area (TPSA) is 0 Å². The molecule has 4 fully saturated rings. The van der Waals surface area contributed by atoms with Gasteiger partial charge in [-0.05, 0) is 104 Å². The van der Waals surface area contributed by atoms with Crippen LogP contribution < -0.4 is 0 Å². The lowest BCUT2D eigenvalue weighted by molar-refractivity contribution is -0.0729. The first-order valence-electron chi connectivity index (χ1n) is 12.0. The van der Waals surface area contributed by atoms with Crippen LogP contribution in [-0.4, -0.2) is 0 Å². The van der Waals surface area contributed by atoms with E-state index in [1.54, 1.807) is 51.4 Å². The maximum absolute atomic E-state index is 2.72. The van der Waals surface area contributed by atoms with E-state index in [4.69, 9.17) is 0 Å². The first-order valence-corrected chi connectivity index (χ1v) is 12.0. The van der Waals surface area contributed by atoms with Gasteiger partial charge in [-0.25, -0.2) is 0 Å². The summed E-state index contributed by atoms with van der Waals surface area (Å²) in [6, 6.07) is 0. The van der Waals surface area contributed by atoms with E-state index in [2.05, 4.69) is 27.7 Å². The quantitative estimate of drug-likeness (QED) is 0.475. The van der Waals surface area contributed by atoms with Crippen molar-refractivity contribution in [3.63, 3.8) is 0 Å². The van der Waals surface area contributed by atoms with Crippen molar-refractivity contribution in [2.75, 3.05) is 0 Å². The fourth-order valence-corrected chi connectivity index (χ4v) is 8.35. The molecule has 0 amide bonds. The molecular weight excluding hydrogens is 300 g/mol. The average Bonchev–Trinajstić information content (AvgIpc) is 2.99. The van der Waals surface area contributed by atoms with E-state index >= 15 is 0 Å². The molecule has 0 radical (unpaired) electrons. The highest BCUT2D eigenvalue weighted by atomic mass is 14.6. The van der Waals surface area contributed by atoms with Crippen molar-refractivity contribution in [1.29, 1.82) is 0 Å². The minimum Gasteiger partial charge on any atom is -0.0683 e. The summed E-state index contributed by atoms with van der Waals surface area (Å²) in [6.07, 6.45) is 15.5. The molecule has 4 aliphatic carbocycles. The largest absolute Gasteiger partial charge is 0.0683 e. The van der Waals surface area contributed by atoms with Crippen molar-refractivity contribution in [2.45, 2.75) is 106 Å². The summed E-state index contributed by atoms with van der Waals surface area (Å²) >= 11 is 0. The van der Waals surface area contributed by atoms with Crippen molar-refractivity contribution >= 4 is 0 Å². The first kappa shape index (κ1) is 19.8. The maximum Gasteiger partial charge on any atom is -0.0264 e. The molecule has 0 heteroatoms. The summed E-state index contributed by atoms with van der Waals surface area (Å²) in [5.74, 6) is 8.54. The Kier molecular flexibility index (Phi) is 6.27. The average molecular weight is 347 g/mol. The highest BCUT2D eigenvalue weighted by molar-refractivity contribution is 5.06. The lowest BCUT2D eigenvalue weighted by Crippen LogP contribution is -2.49. The fraction of sp³-hybridized carbons (Fsp3) is 1.00. The van der Waals surface area contributed by atoms with Crippen molar-refractivity contribution in [3.05, 3.63) is 0 Å². The van der Waals surface area contributed by atoms with E-state index in [-0.39, 0.29) is 0 Å². The minimum absolute atomic E-state index is 0.700. The number of hydrogen-bond donors (Lipinski definition) is 0. The van der Waals surface area contributed by atoms with Crippen molar-refractivity contribution in [2.24, 2.45) is 52.8 Å². The molecule has 9 atom stereocenters. The van der Waals surface area contributed by atoms with Crippen molar-refractivity contribution in [3.8, 4) is 0 Å². The van der Waals surface area contributed by atoms with Gasteiger partial charge in [-0.15, -0.1) is 0 Å². The SMILES string of the molecule is CC.CCC(C)C1CCC2C3CCC4CC(C)CCC4C3CCC12C. The summed E-state index contributed by atoms with van der Waals surface area (Å²) in [5, 5.41) is 0. The summed E-state index contributed by atoms with van der Waals surface area (Å²) < 4.78 is 0. The molecule has 9 unspecified atom stereocenters. The highest BCUT2D eigenvalue weighted by Crippen LogP contribution is 2.65. The van der Waals surface area contributed by atoms with E-state index in [0.29, 0.717) is 5.41 Å². The van der Waals surface area contributed by atoms with Crippen LogP contribution in [0.4, 0.5) is 0 Å². The van der Waals surface area contributed by atoms with Gasteiger partial charge in [-0.3, -0.25) is 0 Å². The minimum atomic E-state index is 0.700. The molecule has 4 saturated carbocycles. The molecule has 146 valence electrons. The maximum atomic E-state index is 2.72. The summed E-state index contributed by atoms with van der Waals surface area (Å²) in [7, 11) is 0. The van der Waals surface area contributed by atoms with Crippen LogP contribution >= 0.6 is 0 Å². The van der Waals surface area contributed by atoms with Gasteiger partial charge >= 0.3 is 0 Å². The second-order valence-electron chi connectivity index (χ2n) is 10.5. The predicted octanol–water partition coefficient (Wildman–Crippen LogP) is 7.96. The molecule has 0 aromatic rings. The molecule has 0 aliphatic heterocycles. The molecule has 0 bridgehead atoms. The number of hydrogen-bond acceptors (Lipinski definition) is 0. The van der Waals surface area contributed by atoms with Gasteiger partial charge in [0.15, 0.2) is 0 Å². The third kappa shape index (κ3) is 3.34. The second-order valence-corrected chi connectivity index (χ2v) is 10.5. The van der Waals surface area contributed by atoms with Gasteiger partial charge in [0.25, 0.3) is 0 Å². The standard InChI is InChI=1S/C23H40.C2H6/c1-5-16(3)21-10-11-22-20-9-7-17-14-15(2)6-8-18(17)19(20)12-13-23(21,22)4;1-2/h15-22H,5-14H2,1-4H3;1-2H3. The third-order valence-corrected chi connectivity index (χ3v) is 9.62. The van der Waals surface area contributed by atoms with Gasteiger partial charge in [0.1, 0.15) is 0 Å². The van der Waals surface area contributed by atoms with E-state index < -0.39 is 0 Å². The zero-order valence-electron chi connectivity index (χ0n) is 18.2. The molecule has 0 nitrogen and oxygen atoms in total. The van der Waals surface area contributed by atoms with Crippen LogP contribution in [-0.2, 0) is 0 Å². The van der Waals surface area contributed by atoms with Gasteiger partial charge in [0.05, 0.1) is 0 Å². The van der Waals surface area contributed by atoms with Crippen LogP contribution in [0, 0.1) is 52.8 Å². The van der Waals surface area contributed by atoms with E-state index in [0.717, 1.165) is 47.3 Å². The van der Waals surface area contributed by atoms with Crippen LogP contribution in [0.15, 0.2) is 0 Å². The van der Waals surface area contributed by atoms with Gasteiger partial charge in [0.2, 0.25) is 0 Å². The van der Waals surface area contributed by atoms with Gasteiger partial charge in [0, 0.05) is 0 Å². The number of rotatable bonds is 2. The molecule has 0 saturated heterocycles. The smallest absolute Gasteiger partial charge is 0.0264 e. The molecule has 0 spiro atoms. The predicted molar refractivity (Wildman–Crippen MR) is 111 cm³/mol. The Bertz CT molecular complexity index is 426. The zero-order valence-corrected chi connectivity index (χ0v) is 18.2. The zero-order chi connectivity index (χ0) is 18.2. The molecule has 0 heterocycles. The Balaban J connectivity index is 0.000000880. The molecule has 0 aromatic heterocycles. The highest BCUT2D eigenvalue weighted by Gasteiger charge is 2.57. The van der Waals surface area contributed by atoms with Crippen LogP contribution in [0.3, 0.4) is 0 Å². The molecule has 0 N–H and O–H groups in total. The lowest BCUT2D eigenvalue weighted by atomic mass is 9.49. The first-order chi connectivity index (χ1) is 12.0. The number of fused-ring (bicyclic) bond motifs is 5. The summed E-state index contributed by atoms with van der Waals surface area (Å²) in [5.41, 5.74) is 0.700. The van der Waals surface area contributed by atoms with Crippen LogP contribution in [0.25, 0.3) is 0 Å². The normalized spacial score (nSPS) is 49.9. The molecule has 0 aromatic carbocycles. The molecule has 4 aliphatic rings. The Hall–Kier alpha value is 0. The van der Waals surface area contributed by atoms with Gasteiger partial charge in [-0.1, -0.05) is 54.4 Å². The van der Waals surface area contributed by atoms with E-state index in [9.17, 15) is 0 Å². The van der Waals surface area contributed by atoms with Crippen LogP contribution in [0.5, 0.6) is 0 Å². The van der Waals surface area contributed by atoms with Crippen molar-refractivity contribution in [1.82, 2.24) is 0 Å². The van der Waals surface area contributed by atoms with Crippen LogP contribution in [0.1, 0.15) is 106 Å². The Labute approximate surface area is 158 Å². The Morgan fingerprint density at radius 3 is 2.32 bits per heavy atom. The monoisotopic (exact) mass is 346 g/mol. The summed E-state index contributed by atoms with van der Waals surface area (Å²) in [4.78, 5) is 0. The van der Waals surface area contributed by atoms with E-state index in [1.807, 2.05) is 13.8 Å². The van der Waals surface area contributed by atoms with Crippen LogP contribution in [0.2, 0.25) is 0 Å². The second kappa shape index (κ2) is 7.93. The fourth-order valence-electron chi connectivity index (χ4n) is 8.35. The lowest BCUT2D eigenvalue weighted by Gasteiger charge is -2.56. The molecule has 25 heavy (non-hydrogen) atoms. The third-order valence-electron chi connectivity index (χ3n) is 9.62. The summed E-state index contributed by atoms with van der Waals surface area (Å²) in [6.45, 7) is 14.2. The molecule has 4 rings (SSSR count). The Morgan fingerprint density at radius 1 is 0.880 bits per heavy atom. The van der Waals surface area contributed by atoms with E-state index in [1.165, 1.54) is 12.8 Å². The van der Waals surface area contributed by atoms with Gasteiger partial charge in [-0.2, -0.15) is 0 Å². The molecular formula is C25H46. The van der Waals surface area contributed by atoms with Crippen molar-refractivity contribution < 1.29 is 0 Å². The van der Waals surface area contributed by atoms with Gasteiger partial charge < -0.3 is 0 Å².